The summed E-state index contributed by atoms with van der Waals surface area (Å²) in [5.41, 5.74) is 2.07. The maximum Gasteiger partial charge on any atom is 0.573 e. The van der Waals surface area contributed by atoms with Gasteiger partial charge in [0.05, 0.1) is 17.6 Å². The maximum absolute atomic E-state index is 13.1. The van der Waals surface area contributed by atoms with E-state index in [0.29, 0.717) is 6.42 Å². The lowest BCUT2D eigenvalue weighted by Gasteiger charge is -2.25. The summed E-state index contributed by atoms with van der Waals surface area (Å²) < 4.78 is 73.9. The zero-order chi connectivity index (χ0) is 26.5. The third kappa shape index (κ3) is 6.63. The van der Waals surface area contributed by atoms with Crippen molar-refractivity contribution in [2.45, 2.75) is 37.6 Å². The van der Waals surface area contributed by atoms with E-state index >= 15 is 0 Å². The molecule has 1 heterocycles. The smallest absolute Gasteiger partial charge is 0.496 e. The lowest BCUT2D eigenvalue weighted by Crippen LogP contribution is -2.37. The van der Waals surface area contributed by atoms with Crippen molar-refractivity contribution < 1.29 is 35.9 Å². The molecule has 0 unspecified atom stereocenters. The number of sulfonamides is 1. The van der Waals surface area contributed by atoms with Gasteiger partial charge in [-0.2, -0.15) is 0 Å². The molecule has 0 bridgehead atoms. The number of aromatic nitrogens is 2. The molecule has 9 nitrogen and oxygen atoms in total. The average molecular weight is 545 g/mol. The highest BCUT2D eigenvalue weighted by Crippen LogP contribution is 2.29. The second kappa shape index (κ2) is 11.1. The molecule has 2 aromatic carbocycles. The zero-order valence-corrected chi connectivity index (χ0v) is 21.1. The summed E-state index contributed by atoms with van der Waals surface area (Å²) in [6.07, 6.45) is -4.55. The van der Waals surface area contributed by atoms with Crippen molar-refractivity contribution in [3.63, 3.8) is 0 Å². The highest BCUT2D eigenvalue weighted by Gasteiger charge is 2.32. The van der Waals surface area contributed by atoms with E-state index in [1.807, 2.05) is 0 Å². The Balaban J connectivity index is 1.66. The Morgan fingerprint density at radius 2 is 1.86 bits per heavy atom. The Hall–Kier alpha value is -3.39. The Morgan fingerprint density at radius 3 is 2.42 bits per heavy atom. The topological polar surface area (TPSA) is 111 Å². The lowest BCUT2D eigenvalue weighted by atomic mass is 10.1. The molecule has 194 valence electrons. The van der Waals surface area contributed by atoms with E-state index in [4.69, 9.17) is 4.74 Å². The molecule has 14 heteroatoms. The van der Waals surface area contributed by atoms with Gasteiger partial charge in [-0.1, -0.05) is 23.5 Å². The molecule has 1 amide bonds. The predicted molar refractivity (Wildman–Crippen MR) is 127 cm³/mol. The summed E-state index contributed by atoms with van der Waals surface area (Å²) in [7, 11) is -2.58. The number of benzene rings is 2. The molecular formula is C22H23F3N4O5S2. The van der Waals surface area contributed by atoms with Crippen LogP contribution in [0.2, 0.25) is 0 Å². The van der Waals surface area contributed by atoms with E-state index in [0.717, 1.165) is 29.0 Å². The number of ether oxygens (including phenoxy) is 2. The zero-order valence-electron chi connectivity index (χ0n) is 19.4. The number of methoxy groups -OCH3 is 1. The quantitative estimate of drug-likeness (QED) is 0.410. The summed E-state index contributed by atoms with van der Waals surface area (Å²) in [6.45, 7) is 3.60. The molecule has 1 N–H and O–H groups in total. The van der Waals surface area contributed by atoms with Gasteiger partial charge in [-0.25, -0.2) is 12.7 Å². The molecule has 0 aliphatic rings. The van der Waals surface area contributed by atoms with E-state index in [2.05, 4.69) is 20.3 Å². The number of hydrogen-bond acceptors (Lipinski definition) is 8. The van der Waals surface area contributed by atoms with Crippen LogP contribution in [0.4, 0.5) is 18.3 Å². The molecule has 1 aromatic heterocycles. The Labute approximate surface area is 209 Å². The molecule has 0 aliphatic heterocycles. The summed E-state index contributed by atoms with van der Waals surface area (Å²) in [6, 6.07) is 8.98. The van der Waals surface area contributed by atoms with Crippen LogP contribution in [0.1, 0.15) is 29.8 Å². The van der Waals surface area contributed by atoms with Gasteiger partial charge in [-0.3, -0.25) is 4.79 Å². The fourth-order valence-corrected chi connectivity index (χ4v) is 5.81. The fraction of sp³-hybridized carbons (Fsp3) is 0.318. The second-order valence-corrected chi connectivity index (χ2v) is 10.3. The molecule has 0 saturated heterocycles. The van der Waals surface area contributed by atoms with Gasteiger partial charge in [-0.05, 0) is 56.2 Å². The first-order chi connectivity index (χ1) is 16.9. The van der Waals surface area contributed by atoms with Crippen molar-refractivity contribution in [1.82, 2.24) is 15.5 Å². The molecule has 36 heavy (non-hydrogen) atoms. The third-order valence-electron chi connectivity index (χ3n) is 4.83. The van der Waals surface area contributed by atoms with Crippen LogP contribution in [0.5, 0.6) is 11.5 Å². The van der Waals surface area contributed by atoms with Crippen molar-refractivity contribution in [3.8, 4) is 11.5 Å². The molecule has 0 aliphatic carbocycles. The van der Waals surface area contributed by atoms with Crippen molar-refractivity contribution in [2.24, 2.45) is 0 Å². The van der Waals surface area contributed by atoms with E-state index in [1.165, 1.54) is 35.1 Å². The Morgan fingerprint density at radius 1 is 1.17 bits per heavy atom. The first kappa shape index (κ1) is 27.2. The van der Waals surface area contributed by atoms with Gasteiger partial charge in [0.15, 0.2) is 0 Å². The lowest BCUT2D eigenvalue weighted by molar-refractivity contribution is -0.274. The van der Waals surface area contributed by atoms with Crippen molar-refractivity contribution in [2.75, 3.05) is 18.0 Å². The van der Waals surface area contributed by atoms with E-state index in [9.17, 15) is 26.4 Å². The molecule has 3 rings (SSSR count). The van der Waals surface area contributed by atoms with E-state index in [1.54, 1.807) is 26.0 Å². The summed E-state index contributed by atoms with van der Waals surface area (Å²) in [5, 5.41) is 10.5. The molecule has 0 fully saturated rings. The molecule has 3 aromatic rings. The minimum Gasteiger partial charge on any atom is -0.496 e. The molecule has 0 radical (unpaired) electrons. The molecular weight excluding hydrogens is 521 g/mol. The molecule has 0 spiro atoms. The van der Waals surface area contributed by atoms with Crippen LogP contribution in [-0.2, 0) is 16.4 Å². The van der Waals surface area contributed by atoms with Crippen LogP contribution in [0.25, 0.3) is 0 Å². The number of nitrogens with zero attached hydrogens (tertiary/aromatic N) is 3. The minimum atomic E-state index is -4.90. The van der Waals surface area contributed by atoms with Gasteiger partial charge in [0.1, 0.15) is 17.0 Å². The maximum atomic E-state index is 13.1. The number of hydrogen-bond donors (Lipinski definition) is 1. The second-order valence-electron chi connectivity index (χ2n) is 7.68. The minimum absolute atomic E-state index is 0.0744. The van der Waals surface area contributed by atoms with E-state index < -0.39 is 28.0 Å². The predicted octanol–water partition coefficient (Wildman–Crippen LogP) is 4.02. The largest absolute Gasteiger partial charge is 0.573 e. The van der Waals surface area contributed by atoms with Crippen molar-refractivity contribution >= 4 is 32.4 Å². The van der Waals surface area contributed by atoms with Crippen LogP contribution in [0.3, 0.4) is 0 Å². The van der Waals surface area contributed by atoms with Gasteiger partial charge in [-0.15, -0.1) is 23.4 Å². The number of anilines is 1. The normalized spacial score (nSPS) is 11.9. The van der Waals surface area contributed by atoms with Crippen molar-refractivity contribution in [1.29, 1.82) is 0 Å². The van der Waals surface area contributed by atoms with Crippen LogP contribution < -0.4 is 19.1 Å². The van der Waals surface area contributed by atoms with Gasteiger partial charge in [0.2, 0.25) is 5.13 Å². The van der Waals surface area contributed by atoms with Gasteiger partial charge in [0.25, 0.3) is 15.9 Å². The number of carbonyl (C=O) groups excluding carboxylic acids is 1. The van der Waals surface area contributed by atoms with Gasteiger partial charge >= 0.3 is 6.36 Å². The van der Waals surface area contributed by atoms with E-state index in [-0.39, 0.29) is 33.9 Å². The highest BCUT2D eigenvalue weighted by molar-refractivity contribution is 7.93. The molecule has 0 atom stereocenters. The Kier molecular flexibility index (Phi) is 8.40. The van der Waals surface area contributed by atoms with Crippen LogP contribution in [-0.4, -0.2) is 50.6 Å². The molecule has 0 saturated carbocycles. The number of rotatable bonds is 10. The average Bonchev–Trinajstić information content (AvgIpc) is 3.31. The standard InChI is InChI=1S/C22H23F3N4O5S2/c1-14(2)29(21-28-27-13-35-21)36(31,32)17-7-4-15(5-8-17)10-11-26-20(30)18-12-16(34-22(23,24)25)6-9-19(18)33-3/h4-9,12-14H,10-11H2,1-3H3,(H,26,30). The number of halogens is 3. The van der Waals surface area contributed by atoms with Crippen LogP contribution >= 0.6 is 11.3 Å². The third-order valence-corrected chi connectivity index (χ3v) is 7.62. The summed E-state index contributed by atoms with van der Waals surface area (Å²) in [4.78, 5) is 12.6. The van der Waals surface area contributed by atoms with Crippen molar-refractivity contribution in [3.05, 3.63) is 59.1 Å². The monoisotopic (exact) mass is 544 g/mol. The van der Waals surface area contributed by atoms with Crippen LogP contribution in [0, 0.1) is 0 Å². The number of alkyl halides is 3. The number of nitrogens with one attached hydrogen (secondary N) is 1. The fourth-order valence-electron chi connectivity index (χ4n) is 3.28. The number of amides is 1. The van der Waals surface area contributed by atoms with Gasteiger partial charge in [0, 0.05) is 12.6 Å². The van der Waals surface area contributed by atoms with Gasteiger partial charge < -0.3 is 14.8 Å². The summed E-state index contributed by atoms with van der Waals surface area (Å²) >= 11 is 1.11. The number of carbonyl (C=O) groups is 1. The SMILES string of the molecule is COc1ccc(OC(F)(F)F)cc1C(=O)NCCc1ccc(S(=O)(=O)N(c2nncs2)C(C)C)cc1. The summed E-state index contributed by atoms with van der Waals surface area (Å²) in [5.74, 6) is -1.11. The first-order valence-electron chi connectivity index (χ1n) is 10.5. The Bertz CT molecular complexity index is 1280. The van der Waals surface area contributed by atoms with Crippen LogP contribution in [0.15, 0.2) is 52.9 Å². The first-order valence-corrected chi connectivity index (χ1v) is 12.9. The highest BCUT2D eigenvalue weighted by atomic mass is 32.2.